The number of nitrogens with one attached hydrogen (secondary N) is 1. The molecular weight excluding hydrogens is 470 g/mol. The van der Waals surface area contributed by atoms with Gasteiger partial charge in [-0.25, -0.2) is 0 Å². The molecule has 0 heterocycles. The van der Waals surface area contributed by atoms with Gasteiger partial charge in [0.2, 0.25) is 5.91 Å². The molecule has 9 heteroatoms. The Balaban J connectivity index is 0.00000342. The fourth-order valence-corrected chi connectivity index (χ4v) is 9.50. The Bertz CT molecular complexity index is 866. The van der Waals surface area contributed by atoms with Crippen LogP contribution >= 0.6 is 0 Å². The summed E-state index contributed by atoms with van der Waals surface area (Å²) in [5.41, 5.74) is 0.411. The van der Waals surface area contributed by atoms with E-state index in [0.29, 0.717) is 41.9 Å². The summed E-state index contributed by atoms with van der Waals surface area (Å²) in [4.78, 5) is 12.2. The molecule has 0 aromatic heterocycles. The third kappa shape index (κ3) is 5.59. The van der Waals surface area contributed by atoms with Crippen LogP contribution in [0, 0.1) is 46.3 Å². The minimum Gasteiger partial charge on any atom is -0.412 e. The van der Waals surface area contributed by atoms with Gasteiger partial charge < -0.3 is 21.0 Å². The summed E-state index contributed by atoms with van der Waals surface area (Å²) in [5.74, 6) is 2.10. The molecule has 0 aliphatic heterocycles. The molecule has 6 N–H and O–H groups in total. The molecule has 0 unspecified atom stereocenters. The molecule has 4 saturated carbocycles. The number of hydrogen-bond acceptors (Lipinski definition) is 5. The molecule has 10 atom stereocenters. The molecule has 1 amide bonds. The van der Waals surface area contributed by atoms with Gasteiger partial charge in [-0.1, -0.05) is 20.8 Å². The molecule has 35 heavy (non-hydrogen) atoms. The van der Waals surface area contributed by atoms with Crippen LogP contribution in [0.15, 0.2) is 0 Å². The predicted molar refractivity (Wildman–Crippen MR) is 134 cm³/mol. The Morgan fingerprint density at radius 1 is 1.03 bits per heavy atom. The maximum Gasteiger partial charge on any atom is 0.266 e. The van der Waals surface area contributed by atoms with Crippen molar-refractivity contribution in [1.82, 2.24) is 5.32 Å². The van der Waals surface area contributed by atoms with E-state index >= 15 is 0 Å². The highest BCUT2D eigenvalue weighted by atomic mass is 32.2. The summed E-state index contributed by atoms with van der Waals surface area (Å²) in [5, 5.41) is 24.2. The molecule has 0 radical (unpaired) electrons. The largest absolute Gasteiger partial charge is 0.412 e. The van der Waals surface area contributed by atoms with E-state index in [1.807, 2.05) is 0 Å². The van der Waals surface area contributed by atoms with Crippen LogP contribution < -0.4 is 5.32 Å². The smallest absolute Gasteiger partial charge is 0.266 e. The zero-order valence-electron chi connectivity index (χ0n) is 21.6. The molecule has 204 valence electrons. The van der Waals surface area contributed by atoms with Gasteiger partial charge in [-0.05, 0) is 104 Å². The van der Waals surface area contributed by atoms with Crippen molar-refractivity contribution >= 4 is 16.0 Å². The van der Waals surface area contributed by atoms with Crippen molar-refractivity contribution in [3.63, 3.8) is 0 Å². The van der Waals surface area contributed by atoms with Crippen LogP contribution in [-0.2, 0) is 14.9 Å². The third-order valence-corrected chi connectivity index (χ3v) is 11.6. The number of rotatable bonds is 7. The first-order chi connectivity index (χ1) is 15.8. The fourth-order valence-electron chi connectivity index (χ4n) is 9.14. The number of aliphatic hydroxyl groups excluding tert-OH is 2. The molecule has 0 spiro atoms. The molecule has 0 aromatic carbocycles. The van der Waals surface area contributed by atoms with E-state index in [-0.39, 0.29) is 41.0 Å². The van der Waals surface area contributed by atoms with E-state index in [1.54, 1.807) is 0 Å². The van der Waals surface area contributed by atoms with Crippen LogP contribution in [0.1, 0.15) is 85.0 Å². The van der Waals surface area contributed by atoms with Crippen molar-refractivity contribution in [3.8, 4) is 0 Å². The van der Waals surface area contributed by atoms with Gasteiger partial charge in [0.15, 0.2) is 0 Å². The minimum atomic E-state index is -4.06. The molecule has 0 aromatic rings. The lowest BCUT2D eigenvalue weighted by Crippen LogP contribution is -2.58. The van der Waals surface area contributed by atoms with Crippen molar-refractivity contribution in [2.24, 2.45) is 46.3 Å². The van der Waals surface area contributed by atoms with E-state index in [1.165, 1.54) is 6.42 Å². The Morgan fingerprint density at radius 2 is 1.69 bits per heavy atom. The molecule has 4 aliphatic carbocycles. The summed E-state index contributed by atoms with van der Waals surface area (Å²) >= 11 is 0. The molecular formula is C26H47NO7S. The van der Waals surface area contributed by atoms with Crippen molar-refractivity contribution in [3.05, 3.63) is 0 Å². The fraction of sp³-hybridized carbons (Fsp3) is 0.962. The van der Waals surface area contributed by atoms with Crippen molar-refractivity contribution in [2.45, 2.75) is 97.2 Å². The number of amides is 1. The summed E-state index contributed by atoms with van der Waals surface area (Å²) in [6.07, 6.45) is 8.87. The summed E-state index contributed by atoms with van der Waals surface area (Å²) < 4.78 is 30.5. The van der Waals surface area contributed by atoms with Gasteiger partial charge in [-0.3, -0.25) is 9.35 Å². The van der Waals surface area contributed by atoms with Gasteiger partial charge in [-0.2, -0.15) is 8.42 Å². The second-order valence-electron chi connectivity index (χ2n) is 12.6. The Kier molecular flexibility index (Phi) is 8.69. The quantitative estimate of drug-likeness (QED) is 0.380. The lowest BCUT2D eigenvalue weighted by atomic mass is 9.43. The average molecular weight is 518 g/mol. The second-order valence-corrected chi connectivity index (χ2v) is 14.2. The molecule has 8 nitrogen and oxygen atoms in total. The Labute approximate surface area is 210 Å². The van der Waals surface area contributed by atoms with Gasteiger partial charge in [0.05, 0.1) is 18.0 Å². The molecule has 4 aliphatic rings. The minimum absolute atomic E-state index is 0. The summed E-state index contributed by atoms with van der Waals surface area (Å²) in [6.45, 7) is 7.05. The number of carbonyl (C=O) groups excluding carboxylic acids is 1. The average Bonchev–Trinajstić information content (AvgIpc) is 3.09. The van der Waals surface area contributed by atoms with Gasteiger partial charge in [0.25, 0.3) is 10.1 Å². The van der Waals surface area contributed by atoms with E-state index in [2.05, 4.69) is 26.1 Å². The van der Waals surface area contributed by atoms with E-state index < -0.39 is 15.9 Å². The molecule has 0 bridgehead atoms. The van der Waals surface area contributed by atoms with Crippen LogP contribution in [0.5, 0.6) is 0 Å². The molecule has 0 saturated heterocycles. The number of hydrogen-bond donors (Lipinski definition) is 4. The molecule has 4 fully saturated rings. The van der Waals surface area contributed by atoms with Crippen molar-refractivity contribution in [1.29, 1.82) is 0 Å². The van der Waals surface area contributed by atoms with Crippen LogP contribution in [0.25, 0.3) is 0 Å². The SMILES string of the molecule is C[C@H](CCC(=O)NCCS(=O)(=O)O)[C@H]1CC[C@H]2[C@@H]3[C@@H](O)C[C@@H]4C[C@H](O)CC[C@]4(C)[C@H]3CC[C@]12C.O. The summed E-state index contributed by atoms with van der Waals surface area (Å²) in [7, 11) is -4.06. The monoisotopic (exact) mass is 517 g/mol. The van der Waals surface area contributed by atoms with Gasteiger partial charge in [0, 0.05) is 13.0 Å². The highest BCUT2D eigenvalue weighted by molar-refractivity contribution is 7.85. The van der Waals surface area contributed by atoms with Crippen molar-refractivity contribution in [2.75, 3.05) is 12.3 Å². The van der Waals surface area contributed by atoms with E-state index in [0.717, 1.165) is 51.4 Å². The van der Waals surface area contributed by atoms with Gasteiger partial charge in [0.1, 0.15) is 0 Å². The Morgan fingerprint density at radius 3 is 2.37 bits per heavy atom. The topological polar surface area (TPSA) is 155 Å². The van der Waals surface area contributed by atoms with Crippen molar-refractivity contribution < 1.29 is 33.5 Å². The van der Waals surface area contributed by atoms with Gasteiger partial charge >= 0.3 is 0 Å². The first-order valence-electron chi connectivity index (χ1n) is 13.4. The van der Waals surface area contributed by atoms with Crippen LogP contribution in [0.3, 0.4) is 0 Å². The number of fused-ring (bicyclic) bond motifs is 5. The van der Waals surface area contributed by atoms with Crippen LogP contribution in [0.2, 0.25) is 0 Å². The third-order valence-electron chi connectivity index (χ3n) is 10.9. The van der Waals surface area contributed by atoms with Crippen LogP contribution in [0.4, 0.5) is 0 Å². The predicted octanol–water partition coefficient (Wildman–Crippen LogP) is 2.57. The highest BCUT2D eigenvalue weighted by Gasteiger charge is 2.62. The zero-order chi connectivity index (χ0) is 24.9. The highest BCUT2D eigenvalue weighted by Crippen LogP contribution is 2.68. The second kappa shape index (κ2) is 10.6. The maximum absolute atomic E-state index is 12.2. The summed E-state index contributed by atoms with van der Waals surface area (Å²) in [6, 6.07) is 0. The van der Waals surface area contributed by atoms with Gasteiger partial charge in [-0.15, -0.1) is 0 Å². The maximum atomic E-state index is 12.2. The Hall–Kier alpha value is -0.740. The first-order valence-corrected chi connectivity index (χ1v) is 15.0. The van der Waals surface area contributed by atoms with E-state index in [4.69, 9.17) is 4.55 Å². The lowest BCUT2D eigenvalue weighted by molar-refractivity contribution is -0.174. The van der Waals surface area contributed by atoms with E-state index in [9.17, 15) is 23.4 Å². The normalized spacial score (nSPS) is 43.8. The lowest BCUT2D eigenvalue weighted by Gasteiger charge is -2.62. The molecule has 4 rings (SSSR count). The zero-order valence-corrected chi connectivity index (χ0v) is 22.4. The number of carbonyl (C=O) groups is 1. The first kappa shape index (κ1) is 28.8. The van der Waals surface area contributed by atoms with Crippen LogP contribution in [-0.4, -0.2) is 59.1 Å². The standard InChI is InChI=1S/C26H45NO6S.H2O/c1-16(4-7-23(30)27-12-13-34(31,32)33)19-5-6-20-24-21(9-11-26(19,20)3)25(2)10-8-18(28)14-17(25)15-22(24)29;/h16-22,24,28-29H,4-15H2,1-3H3,(H,27,30)(H,31,32,33);1H2/t16-,17+,18-,19-,20+,21+,22+,24+,25+,26-;/m1./s1. The number of aliphatic hydroxyl groups is 2.